The van der Waals surface area contributed by atoms with Gasteiger partial charge >= 0.3 is 0 Å². The van der Waals surface area contributed by atoms with E-state index in [1.54, 1.807) is 12.1 Å². The van der Waals surface area contributed by atoms with Gasteiger partial charge in [-0.3, -0.25) is 4.68 Å². The Balaban J connectivity index is 2.16. The number of benzene rings is 1. The third-order valence-electron chi connectivity index (χ3n) is 2.69. The molecule has 96 valence electrons. The number of nitrogens with zero attached hydrogens (tertiary/aromatic N) is 2. The molecule has 0 spiro atoms. The van der Waals surface area contributed by atoms with Crippen molar-refractivity contribution in [2.75, 3.05) is 5.32 Å². The van der Waals surface area contributed by atoms with Crippen LogP contribution in [0.4, 0.5) is 10.1 Å². The highest BCUT2D eigenvalue weighted by atomic mass is 35.5. The Labute approximate surface area is 111 Å². The molecule has 0 unspecified atom stereocenters. The highest BCUT2D eigenvalue weighted by Gasteiger charge is 2.08. The van der Waals surface area contributed by atoms with Crippen molar-refractivity contribution in [3.8, 4) is 0 Å². The summed E-state index contributed by atoms with van der Waals surface area (Å²) < 4.78 is 15.5. The van der Waals surface area contributed by atoms with Gasteiger partial charge in [-0.15, -0.1) is 0 Å². The summed E-state index contributed by atoms with van der Waals surface area (Å²) in [7, 11) is 0. The Morgan fingerprint density at radius 3 is 2.89 bits per heavy atom. The fourth-order valence-electron chi connectivity index (χ4n) is 1.86. The highest BCUT2D eigenvalue weighted by molar-refractivity contribution is 6.33. The summed E-state index contributed by atoms with van der Waals surface area (Å²) in [5, 5.41) is 7.74. The second-order valence-corrected chi connectivity index (χ2v) is 4.45. The Morgan fingerprint density at radius 2 is 2.22 bits per heavy atom. The van der Waals surface area contributed by atoms with Crippen molar-refractivity contribution >= 4 is 17.3 Å². The molecule has 0 aliphatic carbocycles. The Morgan fingerprint density at radius 1 is 1.44 bits per heavy atom. The quantitative estimate of drug-likeness (QED) is 0.917. The van der Waals surface area contributed by atoms with Gasteiger partial charge in [-0.2, -0.15) is 5.10 Å². The van der Waals surface area contributed by atoms with Gasteiger partial charge in [0, 0.05) is 6.54 Å². The van der Waals surface area contributed by atoms with Gasteiger partial charge in [0.1, 0.15) is 5.82 Å². The molecule has 0 radical (unpaired) electrons. The van der Waals surface area contributed by atoms with Gasteiger partial charge in [0.25, 0.3) is 0 Å². The maximum Gasteiger partial charge on any atom is 0.147 e. The molecule has 0 saturated heterocycles. The lowest BCUT2D eigenvalue weighted by Crippen LogP contribution is -2.08. The molecule has 0 atom stereocenters. The first kappa shape index (κ1) is 12.9. The van der Waals surface area contributed by atoms with Crippen LogP contribution in [0.15, 0.2) is 24.3 Å². The second kappa shape index (κ2) is 5.40. The Hall–Kier alpha value is -1.55. The van der Waals surface area contributed by atoms with Crippen molar-refractivity contribution in [1.82, 2.24) is 9.78 Å². The number of aryl methyl sites for hydroxylation is 2. The molecule has 2 rings (SSSR count). The largest absolute Gasteiger partial charge is 0.376 e. The first-order valence-corrected chi connectivity index (χ1v) is 6.20. The molecule has 0 fully saturated rings. The zero-order valence-electron chi connectivity index (χ0n) is 10.4. The van der Waals surface area contributed by atoms with E-state index in [4.69, 9.17) is 11.6 Å². The van der Waals surface area contributed by atoms with E-state index >= 15 is 0 Å². The van der Waals surface area contributed by atoms with Gasteiger partial charge in [-0.05, 0) is 32.0 Å². The normalized spacial score (nSPS) is 10.7. The number of nitrogens with one attached hydrogen (secondary N) is 1. The molecule has 0 aliphatic rings. The van der Waals surface area contributed by atoms with E-state index in [-0.39, 0.29) is 5.82 Å². The molecule has 2 aromatic rings. The standard InChI is InChI=1S/C13H15ClFN3/c1-3-18-10(7-9(2)17-18)8-16-13-11(14)5-4-6-12(13)15/h4-7,16H,3,8H2,1-2H3. The number of anilines is 1. The molecule has 5 heteroatoms. The average Bonchev–Trinajstić information content (AvgIpc) is 2.69. The lowest BCUT2D eigenvalue weighted by Gasteiger charge is -2.10. The van der Waals surface area contributed by atoms with Crippen molar-refractivity contribution < 1.29 is 4.39 Å². The maximum atomic E-state index is 13.6. The molecule has 1 heterocycles. The molecule has 1 aromatic carbocycles. The Bertz CT molecular complexity index is 531. The van der Waals surface area contributed by atoms with Crippen LogP contribution in [0, 0.1) is 12.7 Å². The average molecular weight is 268 g/mol. The van der Waals surface area contributed by atoms with Crippen LogP contribution < -0.4 is 5.32 Å². The molecule has 0 bridgehead atoms. The molecular formula is C13H15ClFN3. The van der Waals surface area contributed by atoms with E-state index in [9.17, 15) is 4.39 Å². The Kier molecular flexibility index (Phi) is 3.87. The fourth-order valence-corrected chi connectivity index (χ4v) is 2.09. The topological polar surface area (TPSA) is 29.9 Å². The van der Waals surface area contributed by atoms with Crippen LogP contribution in [-0.4, -0.2) is 9.78 Å². The van der Waals surface area contributed by atoms with Crippen molar-refractivity contribution in [2.45, 2.75) is 26.9 Å². The first-order valence-electron chi connectivity index (χ1n) is 5.83. The number of halogens is 2. The van der Waals surface area contributed by atoms with Crippen molar-refractivity contribution in [2.24, 2.45) is 0 Å². The van der Waals surface area contributed by atoms with E-state index in [2.05, 4.69) is 10.4 Å². The fraction of sp³-hybridized carbons (Fsp3) is 0.308. The third kappa shape index (κ3) is 2.64. The van der Waals surface area contributed by atoms with Gasteiger partial charge in [0.15, 0.2) is 0 Å². The molecular weight excluding hydrogens is 253 g/mol. The van der Waals surface area contributed by atoms with Gasteiger partial charge in [-0.1, -0.05) is 17.7 Å². The van der Waals surface area contributed by atoms with Crippen LogP contribution in [0.3, 0.4) is 0 Å². The molecule has 1 aromatic heterocycles. The highest BCUT2D eigenvalue weighted by Crippen LogP contribution is 2.25. The van der Waals surface area contributed by atoms with Gasteiger partial charge in [0.05, 0.1) is 28.6 Å². The second-order valence-electron chi connectivity index (χ2n) is 4.04. The monoisotopic (exact) mass is 267 g/mol. The minimum absolute atomic E-state index is 0.334. The maximum absolute atomic E-state index is 13.6. The van der Waals surface area contributed by atoms with E-state index in [1.807, 2.05) is 24.6 Å². The van der Waals surface area contributed by atoms with E-state index in [0.717, 1.165) is 17.9 Å². The van der Waals surface area contributed by atoms with Crippen LogP contribution in [0.5, 0.6) is 0 Å². The SMILES string of the molecule is CCn1nc(C)cc1CNc1c(F)cccc1Cl. The van der Waals surface area contributed by atoms with Crippen molar-refractivity contribution in [3.63, 3.8) is 0 Å². The summed E-state index contributed by atoms with van der Waals surface area (Å²) in [4.78, 5) is 0. The minimum Gasteiger partial charge on any atom is -0.376 e. The number of rotatable bonds is 4. The summed E-state index contributed by atoms with van der Waals surface area (Å²) in [5.74, 6) is -0.346. The van der Waals surface area contributed by atoms with Gasteiger partial charge in [0.2, 0.25) is 0 Å². The van der Waals surface area contributed by atoms with Crippen LogP contribution in [0.1, 0.15) is 18.3 Å². The zero-order valence-corrected chi connectivity index (χ0v) is 11.1. The molecule has 3 nitrogen and oxygen atoms in total. The van der Waals surface area contributed by atoms with E-state index in [0.29, 0.717) is 17.3 Å². The number of hydrogen-bond acceptors (Lipinski definition) is 2. The third-order valence-corrected chi connectivity index (χ3v) is 3.01. The van der Waals surface area contributed by atoms with E-state index < -0.39 is 0 Å². The predicted molar refractivity (Wildman–Crippen MR) is 71.4 cm³/mol. The summed E-state index contributed by atoms with van der Waals surface area (Å²) in [6, 6.07) is 6.61. The predicted octanol–water partition coefficient (Wildman–Crippen LogP) is 3.62. The van der Waals surface area contributed by atoms with Gasteiger partial charge in [-0.25, -0.2) is 4.39 Å². The lowest BCUT2D eigenvalue weighted by molar-refractivity contribution is 0.616. The van der Waals surface area contributed by atoms with Crippen LogP contribution in [0.2, 0.25) is 5.02 Å². The van der Waals surface area contributed by atoms with Crippen LogP contribution >= 0.6 is 11.6 Å². The summed E-state index contributed by atoms with van der Waals surface area (Å²) in [6.07, 6.45) is 0. The zero-order chi connectivity index (χ0) is 13.1. The van der Waals surface area contributed by atoms with Crippen LogP contribution in [0.25, 0.3) is 0 Å². The number of hydrogen-bond donors (Lipinski definition) is 1. The van der Waals surface area contributed by atoms with Crippen molar-refractivity contribution in [1.29, 1.82) is 0 Å². The minimum atomic E-state index is -0.346. The number of para-hydroxylation sites is 1. The van der Waals surface area contributed by atoms with Crippen molar-refractivity contribution in [3.05, 3.63) is 46.5 Å². The lowest BCUT2D eigenvalue weighted by atomic mass is 10.3. The smallest absolute Gasteiger partial charge is 0.147 e. The van der Waals surface area contributed by atoms with Gasteiger partial charge < -0.3 is 5.32 Å². The summed E-state index contributed by atoms with van der Waals surface area (Å²) in [6.45, 7) is 5.24. The number of aromatic nitrogens is 2. The summed E-state index contributed by atoms with van der Waals surface area (Å²) >= 11 is 5.95. The first-order chi connectivity index (χ1) is 8.61. The molecule has 1 N–H and O–H groups in total. The molecule has 18 heavy (non-hydrogen) atoms. The molecule has 0 saturated carbocycles. The molecule has 0 aliphatic heterocycles. The van der Waals surface area contributed by atoms with Crippen LogP contribution in [-0.2, 0) is 13.1 Å². The summed E-state index contributed by atoms with van der Waals surface area (Å²) in [5.41, 5.74) is 2.29. The van der Waals surface area contributed by atoms with E-state index in [1.165, 1.54) is 6.07 Å². The molecule has 0 amide bonds.